The molecule has 2 aromatic heterocycles. The summed E-state index contributed by atoms with van der Waals surface area (Å²) in [4.78, 5) is 39.9. The average molecular weight is 470 g/mol. The number of hydrogen-bond donors (Lipinski definition) is 1. The van der Waals surface area contributed by atoms with Crippen LogP contribution in [-0.2, 0) is 9.53 Å². The van der Waals surface area contributed by atoms with Gasteiger partial charge in [-0.05, 0) is 44.2 Å². The molecule has 0 radical (unpaired) electrons. The van der Waals surface area contributed by atoms with Crippen molar-refractivity contribution in [3.8, 4) is 11.6 Å². The van der Waals surface area contributed by atoms with Gasteiger partial charge >= 0.3 is 0 Å². The van der Waals surface area contributed by atoms with Gasteiger partial charge in [0.15, 0.2) is 5.58 Å². The van der Waals surface area contributed by atoms with Crippen LogP contribution in [0.25, 0.3) is 22.7 Å². The molecule has 10 heteroatoms. The highest BCUT2D eigenvalue weighted by atomic mass is 35.5. The molecule has 1 aliphatic carbocycles. The minimum Gasteiger partial charge on any atom is -0.435 e. The molecule has 172 valence electrons. The number of amides is 2. The number of rotatable bonds is 5. The van der Waals surface area contributed by atoms with Crippen LogP contribution in [0.2, 0.25) is 5.02 Å². The predicted octanol–water partition coefficient (Wildman–Crippen LogP) is 3.23. The number of ether oxygens (including phenoxy) is 1. The lowest BCUT2D eigenvalue weighted by molar-refractivity contribution is -0.130. The third-order valence-electron chi connectivity index (χ3n) is 6.28. The fourth-order valence-corrected chi connectivity index (χ4v) is 4.58. The van der Waals surface area contributed by atoms with E-state index in [-0.39, 0.29) is 35.7 Å². The molecule has 33 heavy (non-hydrogen) atoms. The Labute approximate surface area is 195 Å². The van der Waals surface area contributed by atoms with E-state index in [0.717, 1.165) is 25.7 Å². The highest BCUT2D eigenvalue weighted by molar-refractivity contribution is 6.31. The number of carbonyl (C=O) groups excluding carboxylic acids is 2. The van der Waals surface area contributed by atoms with Gasteiger partial charge in [0.25, 0.3) is 5.91 Å². The molecular weight excluding hydrogens is 446 g/mol. The molecule has 2 aliphatic rings. The second-order valence-electron chi connectivity index (χ2n) is 8.51. The zero-order chi connectivity index (χ0) is 22.9. The van der Waals surface area contributed by atoms with Crippen LogP contribution in [0, 0.1) is 0 Å². The van der Waals surface area contributed by atoms with Crippen molar-refractivity contribution in [1.82, 2.24) is 25.2 Å². The summed E-state index contributed by atoms with van der Waals surface area (Å²) in [6.45, 7) is 0.642. The Balaban J connectivity index is 1.21. The van der Waals surface area contributed by atoms with Gasteiger partial charge in [0, 0.05) is 36.8 Å². The van der Waals surface area contributed by atoms with E-state index in [0.29, 0.717) is 40.7 Å². The van der Waals surface area contributed by atoms with Gasteiger partial charge in [-0.3, -0.25) is 9.59 Å². The third-order valence-corrected chi connectivity index (χ3v) is 6.52. The lowest BCUT2D eigenvalue weighted by atomic mass is 10.2. The van der Waals surface area contributed by atoms with Crippen LogP contribution < -0.4 is 5.32 Å². The van der Waals surface area contributed by atoms with Crippen molar-refractivity contribution in [1.29, 1.82) is 0 Å². The van der Waals surface area contributed by atoms with Crippen LogP contribution in [0.3, 0.4) is 0 Å². The fourth-order valence-electron chi connectivity index (χ4n) is 4.42. The van der Waals surface area contributed by atoms with Crippen molar-refractivity contribution in [3.05, 3.63) is 41.3 Å². The molecule has 3 aromatic rings. The summed E-state index contributed by atoms with van der Waals surface area (Å²) in [6, 6.07) is 5.26. The van der Waals surface area contributed by atoms with E-state index < -0.39 is 0 Å². The number of nitrogens with zero attached hydrogens (tertiary/aromatic N) is 4. The minimum atomic E-state index is -0.338. The molecule has 3 heterocycles. The molecule has 2 amide bonds. The van der Waals surface area contributed by atoms with Gasteiger partial charge in [0.2, 0.25) is 11.8 Å². The third kappa shape index (κ3) is 4.56. The largest absolute Gasteiger partial charge is 0.435 e. The predicted molar refractivity (Wildman–Crippen MR) is 121 cm³/mol. The van der Waals surface area contributed by atoms with Gasteiger partial charge in [-0.2, -0.15) is 0 Å². The van der Waals surface area contributed by atoms with E-state index in [9.17, 15) is 9.59 Å². The van der Waals surface area contributed by atoms with Crippen molar-refractivity contribution in [2.24, 2.45) is 0 Å². The van der Waals surface area contributed by atoms with Gasteiger partial charge in [0.05, 0.1) is 12.4 Å². The van der Waals surface area contributed by atoms with Gasteiger partial charge in [0.1, 0.15) is 23.0 Å². The van der Waals surface area contributed by atoms with Crippen molar-refractivity contribution in [2.45, 2.75) is 50.3 Å². The minimum absolute atomic E-state index is 0.0237. The normalized spacial score (nSPS) is 22.5. The number of benzene rings is 1. The number of oxazole rings is 1. The number of aromatic nitrogens is 3. The van der Waals surface area contributed by atoms with Crippen molar-refractivity contribution >= 4 is 34.5 Å². The Bertz CT molecular complexity index is 1180. The van der Waals surface area contributed by atoms with Crippen LogP contribution in [0.15, 0.2) is 35.0 Å². The number of carbonyl (C=O) groups is 2. The summed E-state index contributed by atoms with van der Waals surface area (Å²) in [5, 5.41) is 3.63. The summed E-state index contributed by atoms with van der Waals surface area (Å²) in [7, 11) is 1.76. The van der Waals surface area contributed by atoms with Crippen LogP contribution >= 0.6 is 11.6 Å². The first-order chi connectivity index (χ1) is 16.0. The molecule has 0 bridgehead atoms. The summed E-state index contributed by atoms with van der Waals surface area (Å²) in [6.07, 6.45) is 6.61. The van der Waals surface area contributed by atoms with Crippen molar-refractivity contribution in [3.63, 3.8) is 0 Å². The second kappa shape index (κ2) is 9.07. The molecule has 1 aliphatic heterocycles. The maximum Gasteiger partial charge on any atom is 0.274 e. The highest BCUT2D eigenvalue weighted by Gasteiger charge is 2.33. The second-order valence-corrected chi connectivity index (χ2v) is 8.94. The lowest BCUT2D eigenvalue weighted by Crippen LogP contribution is -2.42. The zero-order valence-corrected chi connectivity index (χ0v) is 18.9. The summed E-state index contributed by atoms with van der Waals surface area (Å²) in [5.41, 5.74) is 1.89. The van der Waals surface area contributed by atoms with E-state index >= 15 is 0 Å². The number of hydrogen-bond acceptors (Lipinski definition) is 7. The van der Waals surface area contributed by atoms with Gasteiger partial charge < -0.3 is 19.4 Å². The van der Waals surface area contributed by atoms with Crippen LogP contribution in [0.5, 0.6) is 0 Å². The van der Waals surface area contributed by atoms with E-state index in [2.05, 4.69) is 20.3 Å². The fraction of sp³-hybridized carbons (Fsp3) is 0.435. The Kier molecular flexibility index (Phi) is 5.99. The molecule has 2 fully saturated rings. The molecule has 9 nitrogen and oxygen atoms in total. The van der Waals surface area contributed by atoms with E-state index in [4.69, 9.17) is 20.8 Å². The van der Waals surface area contributed by atoms with Gasteiger partial charge in [-0.15, -0.1) is 0 Å². The smallest absolute Gasteiger partial charge is 0.274 e. The van der Waals surface area contributed by atoms with Crippen LogP contribution in [0.1, 0.15) is 42.6 Å². The van der Waals surface area contributed by atoms with E-state index in [1.165, 1.54) is 12.4 Å². The molecule has 1 N–H and O–H groups in total. The van der Waals surface area contributed by atoms with Crippen LogP contribution in [0.4, 0.5) is 0 Å². The average Bonchev–Trinajstić information content (AvgIpc) is 3.58. The van der Waals surface area contributed by atoms with E-state index in [1.54, 1.807) is 30.1 Å². The Morgan fingerprint density at radius 3 is 2.82 bits per heavy atom. The Morgan fingerprint density at radius 2 is 2.06 bits per heavy atom. The molecule has 1 saturated carbocycles. The molecule has 5 rings (SSSR count). The molecule has 1 unspecified atom stereocenters. The molecule has 0 spiro atoms. The molecule has 1 saturated heterocycles. The molecular formula is C23H24ClN5O4. The molecule has 1 aromatic carbocycles. The summed E-state index contributed by atoms with van der Waals surface area (Å²) < 4.78 is 11.2. The van der Waals surface area contributed by atoms with Crippen molar-refractivity contribution in [2.75, 3.05) is 13.7 Å². The summed E-state index contributed by atoms with van der Waals surface area (Å²) >= 11 is 5.99. The number of halogens is 1. The van der Waals surface area contributed by atoms with Crippen LogP contribution in [-0.4, -0.2) is 63.5 Å². The summed E-state index contributed by atoms with van der Waals surface area (Å²) in [5.74, 6) is 0.0530. The molecule has 3 atom stereocenters. The first kappa shape index (κ1) is 21.8. The number of fused-ring (bicyclic) bond motifs is 1. The van der Waals surface area contributed by atoms with E-state index in [1.807, 2.05) is 0 Å². The number of nitrogens with one attached hydrogen (secondary N) is 1. The highest BCUT2D eigenvalue weighted by Crippen LogP contribution is 2.27. The SMILES string of the molecule is CN(C(=O)c1cnc(-c2nc3ccc(Cl)cc3o2)cn1)[C@@H]1CC[C@H](NC(=O)C2CCCO2)C1. The first-order valence-corrected chi connectivity index (χ1v) is 11.4. The van der Waals surface area contributed by atoms with Crippen molar-refractivity contribution < 1.29 is 18.7 Å². The lowest BCUT2D eigenvalue weighted by Gasteiger charge is -2.24. The maximum absolute atomic E-state index is 13.0. The Morgan fingerprint density at radius 1 is 1.18 bits per heavy atom. The van der Waals surface area contributed by atoms with Gasteiger partial charge in [-0.1, -0.05) is 11.6 Å². The Hall–Kier alpha value is -3.04. The topological polar surface area (TPSA) is 110 Å². The van der Waals surface area contributed by atoms with Gasteiger partial charge in [-0.25, -0.2) is 15.0 Å². The zero-order valence-electron chi connectivity index (χ0n) is 18.2. The monoisotopic (exact) mass is 469 g/mol. The first-order valence-electron chi connectivity index (χ1n) is 11.1. The maximum atomic E-state index is 13.0. The quantitative estimate of drug-likeness (QED) is 0.610. The standard InChI is InChI=1S/C23H24ClN5O4/c1-29(15-6-5-14(10-15)27-21(30)19-3-2-8-32-19)23(31)18-12-25-17(11-26-18)22-28-16-7-4-13(24)9-20(16)33-22/h4,7,9,11-12,14-15,19H,2-3,5-6,8,10H2,1H3,(H,27,30)/t14-,15+,19?/m0/s1.